The number of nitrogens with zero attached hydrogens (tertiary/aromatic N) is 4. The molecule has 0 saturated carbocycles. The highest BCUT2D eigenvalue weighted by Gasteiger charge is 2.22. The molecular formula is C20H19N5O2S. The van der Waals surface area contributed by atoms with Crippen molar-refractivity contribution in [3.63, 3.8) is 0 Å². The van der Waals surface area contributed by atoms with Crippen molar-refractivity contribution in [3.8, 4) is 17.5 Å². The van der Waals surface area contributed by atoms with Crippen molar-refractivity contribution < 1.29 is 9.21 Å². The van der Waals surface area contributed by atoms with Crippen LogP contribution in [-0.2, 0) is 11.3 Å². The maximum Gasteiger partial charge on any atom is 0.237 e. The van der Waals surface area contributed by atoms with Crippen LogP contribution in [0.25, 0.3) is 11.4 Å². The first-order chi connectivity index (χ1) is 13.5. The van der Waals surface area contributed by atoms with E-state index in [9.17, 15) is 4.79 Å². The number of allylic oxidation sites excluding steroid dienone is 1. The van der Waals surface area contributed by atoms with Gasteiger partial charge in [0.1, 0.15) is 5.76 Å². The van der Waals surface area contributed by atoms with E-state index in [-0.39, 0.29) is 5.91 Å². The quantitative estimate of drug-likeness (QED) is 0.481. The SMILES string of the molecule is C=CCn1c(S[C@@H](C)C(=O)Nc2cccc(C#N)c2)nnc1-c1ccoc1C. The van der Waals surface area contributed by atoms with Gasteiger partial charge in [-0.25, -0.2) is 0 Å². The predicted molar refractivity (Wildman–Crippen MR) is 108 cm³/mol. The normalized spacial score (nSPS) is 11.6. The molecule has 1 atom stereocenters. The summed E-state index contributed by atoms with van der Waals surface area (Å²) < 4.78 is 7.26. The third kappa shape index (κ3) is 4.15. The number of aromatic nitrogens is 3. The van der Waals surface area contributed by atoms with E-state index < -0.39 is 5.25 Å². The second-order valence-electron chi connectivity index (χ2n) is 6.04. The Bertz CT molecular complexity index is 1050. The highest BCUT2D eigenvalue weighted by molar-refractivity contribution is 8.00. The largest absolute Gasteiger partial charge is 0.469 e. The number of amides is 1. The van der Waals surface area contributed by atoms with Crippen LogP contribution in [0.3, 0.4) is 0 Å². The monoisotopic (exact) mass is 393 g/mol. The summed E-state index contributed by atoms with van der Waals surface area (Å²) in [5, 5.41) is 20.5. The number of anilines is 1. The third-order valence-electron chi connectivity index (χ3n) is 4.04. The molecule has 0 spiro atoms. The summed E-state index contributed by atoms with van der Waals surface area (Å²) in [5.41, 5.74) is 1.93. The molecule has 0 aliphatic heterocycles. The topological polar surface area (TPSA) is 96.7 Å². The molecule has 0 radical (unpaired) electrons. The van der Waals surface area contributed by atoms with E-state index in [1.54, 1.807) is 43.5 Å². The lowest BCUT2D eigenvalue weighted by atomic mass is 10.2. The molecule has 2 aromatic heterocycles. The van der Waals surface area contributed by atoms with Crippen LogP contribution < -0.4 is 5.32 Å². The Balaban J connectivity index is 1.78. The summed E-state index contributed by atoms with van der Waals surface area (Å²) in [6, 6.07) is 10.7. The number of carbonyl (C=O) groups excluding carboxylic acids is 1. The summed E-state index contributed by atoms with van der Waals surface area (Å²) in [6.07, 6.45) is 3.36. The van der Waals surface area contributed by atoms with E-state index >= 15 is 0 Å². The van der Waals surface area contributed by atoms with Gasteiger partial charge in [-0.1, -0.05) is 23.9 Å². The van der Waals surface area contributed by atoms with Crippen LogP contribution in [0.1, 0.15) is 18.2 Å². The Morgan fingerprint density at radius 2 is 2.29 bits per heavy atom. The number of nitrogens with one attached hydrogen (secondary N) is 1. The minimum atomic E-state index is -0.420. The average Bonchev–Trinajstić information content (AvgIpc) is 3.28. The number of rotatable bonds is 7. The number of benzene rings is 1. The molecule has 1 aromatic carbocycles. The van der Waals surface area contributed by atoms with Crippen LogP contribution >= 0.6 is 11.8 Å². The number of furan rings is 1. The standard InChI is InChI=1S/C20H19N5O2S/c1-4-9-25-18(17-8-10-27-13(17)2)23-24-20(25)28-14(3)19(26)22-16-7-5-6-15(11-16)12-21/h4-8,10-11,14H,1,9H2,2-3H3,(H,22,26)/t14-/m0/s1. The van der Waals surface area contributed by atoms with Crippen molar-refractivity contribution in [1.82, 2.24) is 14.8 Å². The van der Waals surface area contributed by atoms with Crippen LogP contribution in [0.15, 0.2) is 58.8 Å². The Hall–Kier alpha value is -3.31. The van der Waals surface area contributed by atoms with E-state index in [4.69, 9.17) is 9.68 Å². The van der Waals surface area contributed by atoms with E-state index in [1.807, 2.05) is 17.6 Å². The molecule has 2 heterocycles. The van der Waals surface area contributed by atoms with Crippen LogP contribution in [0, 0.1) is 18.3 Å². The fourth-order valence-electron chi connectivity index (χ4n) is 2.61. The molecule has 8 heteroatoms. The van der Waals surface area contributed by atoms with Gasteiger partial charge in [-0.2, -0.15) is 5.26 Å². The minimum Gasteiger partial charge on any atom is -0.469 e. The molecule has 0 aliphatic carbocycles. The van der Waals surface area contributed by atoms with Crippen molar-refractivity contribution in [1.29, 1.82) is 5.26 Å². The van der Waals surface area contributed by atoms with Crippen LogP contribution in [0.2, 0.25) is 0 Å². The third-order valence-corrected chi connectivity index (χ3v) is 5.12. The molecule has 1 N–H and O–H groups in total. The summed E-state index contributed by atoms with van der Waals surface area (Å²) >= 11 is 1.31. The Morgan fingerprint density at radius 1 is 1.46 bits per heavy atom. The molecule has 142 valence electrons. The number of hydrogen-bond acceptors (Lipinski definition) is 6. The van der Waals surface area contributed by atoms with Crippen LogP contribution in [0.5, 0.6) is 0 Å². The number of thioether (sulfide) groups is 1. The number of carbonyl (C=O) groups is 1. The molecule has 7 nitrogen and oxygen atoms in total. The van der Waals surface area contributed by atoms with Crippen LogP contribution in [0.4, 0.5) is 5.69 Å². The van der Waals surface area contributed by atoms with Gasteiger partial charge in [0.15, 0.2) is 11.0 Å². The van der Waals surface area contributed by atoms with E-state index in [1.165, 1.54) is 11.8 Å². The zero-order chi connectivity index (χ0) is 20.1. The van der Waals surface area contributed by atoms with Gasteiger partial charge >= 0.3 is 0 Å². The van der Waals surface area contributed by atoms with Crippen molar-refractivity contribution in [2.45, 2.75) is 30.8 Å². The molecular weight excluding hydrogens is 374 g/mol. The molecule has 0 saturated heterocycles. The van der Waals surface area contributed by atoms with Gasteiger partial charge < -0.3 is 9.73 Å². The van der Waals surface area contributed by atoms with Crippen LogP contribution in [-0.4, -0.2) is 25.9 Å². The molecule has 3 rings (SSSR count). The minimum absolute atomic E-state index is 0.186. The Kier molecular flexibility index (Phi) is 5.96. The number of nitriles is 1. The van der Waals surface area contributed by atoms with E-state index in [2.05, 4.69) is 28.2 Å². The van der Waals surface area contributed by atoms with Gasteiger partial charge in [-0.05, 0) is 38.1 Å². The summed E-state index contributed by atoms with van der Waals surface area (Å²) in [5.74, 6) is 1.23. The molecule has 0 aliphatic rings. The fourth-order valence-corrected chi connectivity index (χ4v) is 3.47. The second kappa shape index (κ2) is 8.59. The van der Waals surface area contributed by atoms with Gasteiger partial charge in [0.05, 0.1) is 28.7 Å². The van der Waals surface area contributed by atoms with Gasteiger partial charge in [-0.15, -0.1) is 16.8 Å². The zero-order valence-electron chi connectivity index (χ0n) is 15.5. The first kappa shape index (κ1) is 19.5. The first-order valence-electron chi connectivity index (χ1n) is 8.59. The second-order valence-corrected chi connectivity index (χ2v) is 7.35. The summed E-state index contributed by atoms with van der Waals surface area (Å²) in [4.78, 5) is 12.6. The molecule has 3 aromatic rings. The molecule has 0 unspecified atom stereocenters. The lowest BCUT2D eigenvalue weighted by molar-refractivity contribution is -0.115. The van der Waals surface area contributed by atoms with Crippen molar-refractivity contribution in [2.24, 2.45) is 0 Å². The lowest BCUT2D eigenvalue weighted by Crippen LogP contribution is -2.23. The maximum absolute atomic E-state index is 12.6. The van der Waals surface area contributed by atoms with E-state index in [0.717, 1.165) is 11.3 Å². The van der Waals surface area contributed by atoms with Gasteiger partial charge in [0.2, 0.25) is 5.91 Å². The van der Waals surface area contributed by atoms with Crippen molar-refractivity contribution in [3.05, 3.63) is 60.6 Å². The molecule has 0 fully saturated rings. The number of aryl methyl sites for hydroxylation is 1. The Labute approximate surface area is 167 Å². The average molecular weight is 393 g/mol. The first-order valence-corrected chi connectivity index (χ1v) is 9.47. The highest BCUT2D eigenvalue weighted by Crippen LogP contribution is 2.29. The van der Waals surface area contributed by atoms with E-state index in [0.29, 0.717) is 28.8 Å². The predicted octanol–water partition coefficient (Wildman–Crippen LogP) is 4.02. The molecule has 28 heavy (non-hydrogen) atoms. The van der Waals surface area contributed by atoms with Gasteiger partial charge in [0.25, 0.3) is 0 Å². The summed E-state index contributed by atoms with van der Waals surface area (Å²) in [7, 11) is 0. The zero-order valence-corrected chi connectivity index (χ0v) is 16.4. The lowest BCUT2D eigenvalue weighted by Gasteiger charge is -2.13. The highest BCUT2D eigenvalue weighted by atomic mass is 32.2. The summed E-state index contributed by atoms with van der Waals surface area (Å²) in [6.45, 7) is 7.96. The molecule has 0 bridgehead atoms. The van der Waals surface area contributed by atoms with Gasteiger partial charge in [0, 0.05) is 12.2 Å². The van der Waals surface area contributed by atoms with Gasteiger partial charge in [-0.3, -0.25) is 9.36 Å². The number of hydrogen-bond donors (Lipinski definition) is 1. The van der Waals surface area contributed by atoms with Crippen molar-refractivity contribution >= 4 is 23.4 Å². The Morgan fingerprint density at radius 3 is 2.96 bits per heavy atom. The maximum atomic E-state index is 12.6. The fraction of sp³-hybridized carbons (Fsp3) is 0.200. The smallest absolute Gasteiger partial charge is 0.237 e. The molecule has 1 amide bonds. The van der Waals surface area contributed by atoms with Crippen molar-refractivity contribution in [2.75, 3.05) is 5.32 Å².